The highest BCUT2D eigenvalue weighted by molar-refractivity contribution is 6.06. The number of para-hydroxylation sites is 1. The molecule has 1 saturated heterocycles. The van der Waals surface area contributed by atoms with Crippen molar-refractivity contribution in [2.75, 3.05) is 35.6 Å². The van der Waals surface area contributed by atoms with E-state index in [1.807, 2.05) is 56.3 Å². The van der Waals surface area contributed by atoms with E-state index in [9.17, 15) is 18.0 Å². The Morgan fingerprint density at radius 2 is 2.00 bits per heavy atom. The van der Waals surface area contributed by atoms with Crippen molar-refractivity contribution >= 4 is 40.2 Å². The van der Waals surface area contributed by atoms with Crippen molar-refractivity contribution < 1.29 is 22.7 Å². The van der Waals surface area contributed by atoms with Crippen LogP contribution in [0.15, 0.2) is 48.9 Å². The largest absolute Gasteiger partial charge is 0.473 e. The van der Waals surface area contributed by atoms with Crippen molar-refractivity contribution in [3.05, 3.63) is 60.2 Å². The topological polar surface area (TPSA) is 151 Å². The van der Waals surface area contributed by atoms with Gasteiger partial charge in [-0.3, -0.25) is 14.4 Å². The molecule has 5 heterocycles. The number of nitrogens with one attached hydrogen (secondary N) is 4. The van der Waals surface area contributed by atoms with Gasteiger partial charge in [-0.05, 0) is 38.8 Å². The standard InChI is InChI=1S/C31H34F3N11O2/c1-17-13-37-30(40-24-12-18(2)44(4)43-24)42-27(17)22-14-36-28-21(22)6-5-7-23(28)39-25(46)16-45-11-9-20(15-45)47-26-8-10-35-29(41-26)38-19(3)31(32,33)34/h5-8,10,12-14,19-20,36H,9,11,15-16H2,1-4H3,(H,39,46)(H,35,38,41)(H,37,40,42,43)/t19?,20-/m0/s1. The summed E-state index contributed by atoms with van der Waals surface area (Å²) in [6, 6.07) is 7.27. The van der Waals surface area contributed by atoms with Crippen LogP contribution in [0.5, 0.6) is 5.88 Å². The number of ether oxygens (including phenoxy) is 1. The number of benzene rings is 1. The fraction of sp³-hybridized carbons (Fsp3) is 0.355. The number of hydrogen-bond donors (Lipinski definition) is 4. The molecule has 13 nitrogen and oxygen atoms in total. The summed E-state index contributed by atoms with van der Waals surface area (Å²) in [5, 5.41) is 13.7. The molecule has 5 aromatic rings. The molecule has 4 aromatic heterocycles. The second-order valence-electron chi connectivity index (χ2n) is 11.5. The van der Waals surface area contributed by atoms with Gasteiger partial charge >= 0.3 is 6.18 Å². The van der Waals surface area contributed by atoms with Crippen LogP contribution in [0.2, 0.25) is 0 Å². The molecule has 1 amide bonds. The van der Waals surface area contributed by atoms with Gasteiger partial charge in [0, 0.05) is 67.5 Å². The van der Waals surface area contributed by atoms with Gasteiger partial charge in [0.15, 0.2) is 5.82 Å². The fourth-order valence-electron chi connectivity index (χ4n) is 5.32. The zero-order chi connectivity index (χ0) is 33.3. The van der Waals surface area contributed by atoms with Gasteiger partial charge < -0.3 is 25.7 Å². The lowest BCUT2D eigenvalue weighted by atomic mass is 10.1. The van der Waals surface area contributed by atoms with Gasteiger partial charge in [-0.25, -0.2) is 15.0 Å². The number of aromatic amines is 1. The number of carbonyl (C=O) groups excluding carboxylic acids is 1. The van der Waals surface area contributed by atoms with Crippen LogP contribution >= 0.6 is 0 Å². The molecule has 47 heavy (non-hydrogen) atoms. The Morgan fingerprint density at radius 1 is 1.17 bits per heavy atom. The number of anilines is 4. The van der Waals surface area contributed by atoms with Crippen molar-refractivity contribution in [1.82, 2.24) is 39.6 Å². The summed E-state index contributed by atoms with van der Waals surface area (Å²) in [5.74, 6) is 0.864. The Bertz CT molecular complexity index is 1890. The summed E-state index contributed by atoms with van der Waals surface area (Å²) in [7, 11) is 1.87. The van der Waals surface area contributed by atoms with Crippen molar-refractivity contribution in [2.45, 2.75) is 45.5 Å². The third-order valence-electron chi connectivity index (χ3n) is 7.92. The van der Waals surface area contributed by atoms with Crippen molar-refractivity contribution in [2.24, 2.45) is 7.05 Å². The number of carbonyl (C=O) groups is 1. The number of H-pyrrole nitrogens is 1. The van der Waals surface area contributed by atoms with E-state index < -0.39 is 12.2 Å². The second-order valence-corrected chi connectivity index (χ2v) is 11.5. The number of amides is 1. The molecule has 0 saturated carbocycles. The van der Waals surface area contributed by atoms with Crippen LogP contribution in [-0.4, -0.2) is 83.5 Å². The van der Waals surface area contributed by atoms with Gasteiger partial charge in [-0.15, -0.1) is 0 Å². The average Bonchev–Trinajstić information content (AvgIpc) is 3.72. The molecule has 0 spiro atoms. The first-order valence-corrected chi connectivity index (χ1v) is 15.0. The summed E-state index contributed by atoms with van der Waals surface area (Å²) < 4.78 is 46.4. The predicted molar refractivity (Wildman–Crippen MR) is 171 cm³/mol. The number of fused-ring (bicyclic) bond motifs is 1. The minimum absolute atomic E-state index is 0.135. The van der Waals surface area contributed by atoms with E-state index in [2.05, 4.69) is 41.0 Å². The van der Waals surface area contributed by atoms with E-state index in [4.69, 9.17) is 9.72 Å². The van der Waals surface area contributed by atoms with Crippen LogP contribution in [-0.2, 0) is 11.8 Å². The van der Waals surface area contributed by atoms with Gasteiger partial charge in [0.1, 0.15) is 12.1 Å². The molecule has 0 bridgehead atoms. The Morgan fingerprint density at radius 3 is 2.77 bits per heavy atom. The van der Waals surface area contributed by atoms with Crippen LogP contribution in [0.25, 0.3) is 22.2 Å². The monoisotopic (exact) mass is 649 g/mol. The minimum Gasteiger partial charge on any atom is -0.473 e. The molecule has 1 aliphatic rings. The first-order chi connectivity index (χ1) is 22.4. The number of hydrogen-bond acceptors (Lipinski definition) is 10. The Balaban J connectivity index is 1.08. The van der Waals surface area contributed by atoms with Gasteiger partial charge in [0.05, 0.1) is 23.4 Å². The highest BCUT2D eigenvalue weighted by atomic mass is 19.4. The molecule has 6 rings (SSSR count). The van der Waals surface area contributed by atoms with Crippen LogP contribution in [0.3, 0.4) is 0 Å². The van der Waals surface area contributed by atoms with E-state index in [0.29, 0.717) is 37.0 Å². The second kappa shape index (κ2) is 12.9. The van der Waals surface area contributed by atoms with Gasteiger partial charge in [-0.2, -0.15) is 23.3 Å². The van der Waals surface area contributed by atoms with Crippen molar-refractivity contribution in [1.29, 1.82) is 0 Å². The van der Waals surface area contributed by atoms with Crippen LogP contribution in [0.1, 0.15) is 24.6 Å². The molecule has 0 aliphatic carbocycles. The Labute approximate surface area is 268 Å². The van der Waals surface area contributed by atoms with Crippen molar-refractivity contribution in [3.63, 3.8) is 0 Å². The predicted octanol–water partition coefficient (Wildman–Crippen LogP) is 4.96. The normalized spacial score (nSPS) is 15.9. The van der Waals surface area contributed by atoms with Gasteiger partial charge in [0.2, 0.25) is 23.7 Å². The zero-order valence-corrected chi connectivity index (χ0v) is 26.2. The lowest BCUT2D eigenvalue weighted by Crippen LogP contribution is -2.34. The van der Waals surface area contributed by atoms with Crippen LogP contribution < -0.4 is 20.7 Å². The van der Waals surface area contributed by atoms with E-state index in [1.54, 1.807) is 10.9 Å². The fourth-order valence-corrected chi connectivity index (χ4v) is 5.32. The van der Waals surface area contributed by atoms with E-state index >= 15 is 0 Å². The van der Waals surface area contributed by atoms with E-state index in [-0.39, 0.29) is 30.4 Å². The summed E-state index contributed by atoms with van der Waals surface area (Å²) in [6.45, 7) is 6.09. The van der Waals surface area contributed by atoms with E-state index in [1.165, 1.54) is 12.3 Å². The Kier molecular flexibility index (Phi) is 8.68. The average molecular weight is 650 g/mol. The first kappa shape index (κ1) is 31.7. The molecule has 1 unspecified atom stereocenters. The number of rotatable bonds is 10. The molecule has 246 valence electrons. The summed E-state index contributed by atoms with van der Waals surface area (Å²) in [5.41, 5.74) is 4.90. The highest BCUT2D eigenvalue weighted by Gasteiger charge is 2.36. The quantitative estimate of drug-likeness (QED) is 0.163. The molecule has 2 atom stereocenters. The molecule has 1 aromatic carbocycles. The maximum Gasteiger partial charge on any atom is 0.408 e. The number of aromatic nitrogens is 7. The summed E-state index contributed by atoms with van der Waals surface area (Å²) in [6.07, 6.45) is 0.878. The molecular weight excluding hydrogens is 615 g/mol. The first-order valence-electron chi connectivity index (χ1n) is 15.0. The van der Waals surface area contributed by atoms with Gasteiger partial charge in [0.25, 0.3) is 0 Å². The Hall–Kier alpha value is -5.25. The lowest BCUT2D eigenvalue weighted by molar-refractivity contribution is -0.138. The van der Waals surface area contributed by atoms with Crippen LogP contribution in [0, 0.1) is 13.8 Å². The number of likely N-dealkylation sites (tertiary alicyclic amines) is 1. The molecule has 1 fully saturated rings. The minimum atomic E-state index is -4.43. The zero-order valence-electron chi connectivity index (χ0n) is 26.2. The third-order valence-corrected chi connectivity index (χ3v) is 7.92. The molecule has 16 heteroatoms. The molecule has 4 N–H and O–H groups in total. The number of aryl methyl sites for hydroxylation is 3. The summed E-state index contributed by atoms with van der Waals surface area (Å²) in [4.78, 5) is 35.5. The SMILES string of the molecule is Cc1cnc(Nc2cc(C)n(C)n2)nc1-c1c[nH]c2c(NC(=O)CN3CC[C@H](Oc4ccnc(NC(C)C(F)(F)F)n4)C3)cccc12. The number of alkyl halides is 3. The maximum absolute atomic E-state index is 13.1. The maximum atomic E-state index is 13.1. The molecule has 0 radical (unpaired) electrons. The van der Waals surface area contributed by atoms with Crippen molar-refractivity contribution in [3.8, 4) is 17.1 Å². The molecule has 1 aliphatic heterocycles. The highest BCUT2D eigenvalue weighted by Crippen LogP contribution is 2.33. The van der Waals surface area contributed by atoms with Gasteiger partial charge in [-0.1, -0.05) is 12.1 Å². The third kappa shape index (κ3) is 7.27. The van der Waals surface area contributed by atoms with E-state index in [0.717, 1.165) is 40.3 Å². The number of halogens is 3. The molecular formula is C31H34F3N11O2. The number of nitrogens with zero attached hydrogens (tertiary/aromatic N) is 7. The summed E-state index contributed by atoms with van der Waals surface area (Å²) >= 11 is 0. The smallest absolute Gasteiger partial charge is 0.408 e. The lowest BCUT2D eigenvalue weighted by Gasteiger charge is -2.18. The van der Waals surface area contributed by atoms with Crippen LogP contribution in [0.4, 0.5) is 36.6 Å².